The van der Waals surface area contributed by atoms with Gasteiger partial charge < -0.3 is 20.1 Å². The van der Waals surface area contributed by atoms with Crippen LogP contribution in [0.4, 0.5) is 0 Å². The van der Waals surface area contributed by atoms with Gasteiger partial charge in [0.05, 0.1) is 20.9 Å². The monoisotopic (exact) mass is 279 g/mol. The predicted molar refractivity (Wildman–Crippen MR) is 76.3 cm³/mol. The van der Waals surface area contributed by atoms with Crippen LogP contribution in [0.2, 0.25) is 0 Å². The van der Waals surface area contributed by atoms with Gasteiger partial charge in [0.15, 0.2) is 11.5 Å². The zero-order chi connectivity index (χ0) is 14.4. The second kappa shape index (κ2) is 7.12. The first-order valence-electron chi connectivity index (χ1n) is 6.68. The van der Waals surface area contributed by atoms with Crippen LogP contribution in [-0.4, -0.2) is 57.9 Å². The molecule has 0 unspecified atom stereocenters. The molecular weight excluding hydrogens is 258 g/mol. The molecule has 0 bridgehead atoms. The average Bonchev–Trinajstić information content (AvgIpc) is 2.52. The van der Waals surface area contributed by atoms with Gasteiger partial charge in [0.25, 0.3) is 5.91 Å². The van der Waals surface area contributed by atoms with Crippen LogP contribution < -0.4 is 20.1 Å². The highest BCUT2D eigenvalue weighted by molar-refractivity contribution is 5.94. The number of carbonyl (C=O) groups is 1. The van der Waals surface area contributed by atoms with Crippen molar-refractivity contribution in [3.63, 3.8) is 0 Å². The summed E-state index contributed by atoms with van der Waals surface area (Å²) in [6.07, 6.45) is 0. The molecule has 0 saturated carbocycles. The van der Waals surface area contributed by atoms with Crippen molar-refractivity contribution in [1.29, 1.82) is 0 Å². The van der Waals surface area contributed by atoms with Crippen molar-refractivity contribution < 1.29 is 14.3 Å². The topological polar surface area (TPSA) is 62.8 Å². The lowest BCUT2D eigenvalue weighted by Gasteiger charge is -2.27. The minimum atomic E-state index is -0.107. The van der Waals surface area contributed by atoms with Gasteiger partial charge in [-0.3, -0.25) is 9.69 Å². The van der Waals surface area contributed by atoms with Crippen molar-refractivity contribution in [3.8, 4) is 11.5 Å². The maximum absolute atomic E-state index is 12.1. The lowest BCUT2D eigenvalue weighted by atomic mass is 10.2. The van der Waals surface area contributed by atoms with Gasteiger partial charge in [0, 0.05) is 31.7 Å². The molecule has 1 aliphatic rings. The summed E-state index contributed by atoms with van der Waals surface area (Å²) >= 11 is 0. The van der Waals surface area contributed by atoms with Gasteiger partial charge in [-0.05, 0) is 18.2 Å². The van der Waals surface area contributed by atoms with Gasteiger partial charge in [0.1, 0.15) is 0 Å². The summed E-state index contributed by atoms with van der Waals surface area (Å²) in [5.41, 5.74) is 0.567. The molecule has 1 aromatic rings. The van der Waals surface area contributed by atoms with Crippen molar-refractivity contribution in [1.82, 2.24) is 15.5 Å². The van der Waals surface area contributed by atoms with Crippen molar-refractivity contribution in [2.24, 2.45) is 0 Å². The smallest absolute Gasteiger partial charge is 0.252 e. The molecule has 1 amide bonds. The molecule has 110 valence electrons. The van der Waals surface area contributed by atoms with Crippen molar-refractivity contribution >= 4 is 5.91 Å². The zero-order valence-electron chi connectivity index (χ0n) is 11.9. The first kappa shape index (κ1) is 14.6. The van der Waals surface area contributed by atoms with Crippen LogP contribution in [0.15, 0.2) is 18.2 Å². The van der Waals surface area contributed by atoms with Crippen molar-refractivity contribution in [3.05, 3.63) is 23.8 Å². The number of methoxy groups -OCH3 is 2. The number of benzene rings is 1. The summed E-state index contributed by atoms with van der Waals surface area (Å²) in [5.74, 6) is 1.07. The molecule has 0 atom stereocenters. The Balaban J connectivity index is 1.94. The number of hydrogen-bond acceptors (Lipinski definition) is 5. The summed E-state index contributed by atoms with van der Waals surface area (Å²) in [6, 6.07) is 5.15. The molecule has 6 heteroatoms. The van der Waals surface area contributed by atoms with E-state index in [9.17, 15) is 4.79 Å². The molecule has 2 rings (SSSR count). The molecule has 0 spiro atoms. The summed E-state index contributed by atoms with van der Waals surface area (Å²) in [6.45, 7) is 4.39. The molecule has 1 heterocycles. The van der Waals surface area contributed by atoms with E-state index in [1.54, 1.807) is 32.4 Å². The van der Waals surface area contributed by atoms with Gasteiger partial charge in [-0.1, -0.05) is 0 Å². The fourth-order valence-corrected chi connectivity index (χ4v) is 2.13. The summed E-state index contributed by atoms with van der Waals surface area (Å²) < 4.78 is 10.4. The maximum atomic E-state index is 12.1. The standard InChI is InChI=1S/C14H21N3O3/c1-19-12-4-3-11(9-13(12)20-2)14(18)16-10-17-7-5-15-6-8-17/h3-4,9,15H,5-8,10H2,1-2H3,(H,16,18). The second-order valence-electron chi connectivity index (χ2n) is 4.60. The molecule has 20 heavy (non-hydrogen) atoms. The highest BCUT2D eigenvalue weighted by atomic mass is 16.5. The van der Waals surface area contributed by atoms with E-state index in [0.29, 0.717) is 23.7 Å². The number of nitrogens with one attached hydrogen (secondary N) is 2. The lowest BCUT2D eigenvalue weighted by Crippen LogP contribution is -2.48. The fourth-order valence-electron chi connectivity index (χ4n) is 2.13. The number of hydrogen-bond donors (Lipinski definition) is 2. The van der Waals surface area contributed by atoms with Crippen LogP contribution in [0.25, 0.3) is 0 Å². The quantitative estimate of drug-likeness (QED) is 0.811. The third-order valence-electron chi connectivity index (χ3n) is 3.32. The number of carbonyl (C=O) groups excluding carboxylic acids is 1. The third kappa shape index (κ3) is 3.61. The molecule has 2 N–H and O–H groups in total. The first-order valence-corrected chi connectivity index (χ1v) is 6.68. The normalized spacial score (nSPS) is 15.7. The molecule has 0 aromatic heterocycles. The van der Waals surface area contributed by atoms with Crippen LogP contribution in [-0.2, 0) is 0 Å². The Morgan fingerprint density at radius 1 is 1.25 bits per heavy atom. The lowest BCUT2D eigenvalue weighted by molar-refractivity contribution is 0.0917. The minimum Gasteiger partial charge on any atom is -0.493 e. The number of piperazine rings is 1. The highest BCUT2D eigenvalue weighted by Crippen LogP contribution is 2.27. The molecule has 0 aliphatic carbocycles. The van der Waals surface area contributed by atoms with E-state index >= 15 is 0 Å². The Kier molecular flexibility index (Phi) is 5.20. The van der Waals surface area contributed by atoms with Crippen LogP contribution >= 0.6 is 0 Å². The summed E-state index contributed by atoms with van der Waals surface area (Å²) in [4.78, 5) is 14.3. The van der Waals surface area contributed by atoms with E-state index in [-0.39, 0.29) is 5.91 Å². The van der Waals surface area contributed by atoms with E-state index in [1.807, 2.05) is 0 Å². The highest BCUT2D eigenvalue weighted by Gasteiger charge is 2.13. The second-order valence-corrected chi connectivity index (χ2v) is 4.60. The molecular formula is C14H21N3O3. The van der Waals surface area contributed by atoms with E-state index in [0.717, 1.165) is 26.2 Å². The number of amides is 1. The van der Waals surface area contributed by atoms with Crippen LogP contribution in [0.3, 0.4) is 0 Å². The Morgan fingerprint density at radius 2 is 1.95 bits per heavy atom. The minimum absolute atomic E-state index is 0.107. The molecule has 6 nitrogen and oxygen atoms in total. The fraction of sp³-hybridized carbons (Fsp3) is 0.500. The SMILES string of the molecule is COc1ccc(C(=O)NCN2CCNCC2)cc1OC. The molecule has 1 saturated heterocycles. The van der Waals surface area contributed by atoms with Gasteiger partial charge in [-0.15, -0.1) is 0 Å². The number of ether oxygens (including phenoxy) is 2. The zero-order valence-corrected chi connectivity index (χ0v) is 11.9. The largest absolute Gasteiger partial charge is 0.493 e. The molecule has 1 aromatic carbocycles. The Hall–Kier alpha value is -1.79. The number of rotatable bonds is 5. The van der Waals surface area contributed by atoms with E-state index < -0.39 is 0 Å². The molecule has 0 radical (unpaired) electrons. The number of nitrogens with zero attached hydrogens (tertiary/aromatic N) is 1. The summed E-state index contributed by atoms with van der Waals surface area (Å²) in [7, 11) is 3.13. The van der Waals surface area contributed by atoms with Gasteiger partial charge in [-0.2, -0.15) is 0 Å². The predicted octanol–water partition coefficient (Wildman–Crippen LogP) is 0.296. The van der Waals surface area contributed by atoms with Gasteiger partial charge in [0.2, 0.25) is 0 Å². The van der Waals surface area contributed by atoms with E-state index in [2.05, 4.69) is 15.5 Å². The van der Waals surface area contributed by atoms with Crippen LogP contribution in [0.5, 0.6) is 11.5 Å². The molecule has 1 fully saturated rings. The Bertz CT molecular complexity index is 459. The van der Waals surface area contributed by atoms with Crippen molar-refractivity contribution in [2.45, 2.75) is 0 Å². The van der Waals surface area contributed by atoms with Crippen LogP contribution in [0, 0.1) is 0 Å². The van der Waals surface area contributed by atoms with E-state index in [1.165, 1.54) is 0 Å². The van der Waals surface area contributed by atoms with Gasteiger partial charge in [-0.25, -0.2) is 0 Å². The van der Waals surface area contributed by atoms with Crippen molar-refractivity contribution in [2.75, 3.05) is 47.1 Å². The maximum Gasteiger partial charge on any atom is 0.252 e. The average molecular weight is 279 g/mol. The van der Waals surface area contributed by atoms with Gasteiger partial charge >= 0.3 is 0 Å². The first-order chi connectivity index (χ1) is 9.74. The summed E-state index contributed by atoms with van der Waals surface area (Å²) in [5, 5.41) is 6.20. The van der Waals surface area contributed by atoms with Crippen LogP contribution in [0.1, 0.15) is 10.4 Å². The third-order valence-corrected chi connectivity index (χ3v) is 3.32. The Labute approximate surface area is 119 Å². The molecule has 1 aliphatic heterocycles. The Morgan fingerprint density at radius 3 is 2.60 bits per heavy atom. The van der Waals surface area contributed by atoms with E-state index in [4.69, 9.17) is 9.47 Å².